The van der Waals surface area contributed by atoms with Gasteiger partial charge in [0.05, 0.1) is 0 Å². The second kappa shape index (κ2) is 4.09. The Kier molecular flexibility index (Phi) is 2.89. The molecule has 3 N–H and O–H groups in total. The van der Waals surface area contributed by atoms with E-state index in [1.807, 2.05) is 0 Å². The highest BCUT2D eigenvalue weighted by molar-refractivity contribution is 9.10. The van der Waals surface area contributed by atoms with E-state index < -0.39 is 15.3 Å². The molecule has 0 bridgehead atoms. The normalized spacial score (nSPS) is 11.6. The molecule has 0 atom stereocenters. The molecule has 1 heterocycles. The van der Waals surface area contributed by atoms with E-state index in [0.29, 0.717) is 5.56 Å². The van der Waals surface area contributed by atoms with Crippen molar-refractivity contribution < 1.29 is 13.0 Å². The van der Waals surface area contributed by atoms with Crippen molar-refractivity contribution in [1.82, 2.24) is 14.9 Å². The summed E-state index contributed by atoms with van der Waals surface area (Å²) in [5, 5.41) is 6.24. The van der Waals surface area contributed by atoms with E-state index in [9.17, 15) is 8.42 Å². The van der Waals surface area contributed by atoms with Crippen LogP contribution in [-0.2, 0) is 10.1 Å². The molecule has 1 aromatic heterocycles. The number of rotatable bonds is 2. The van der Waals surface area contributed by atoms with Crippen LogP contribution >= 0.6 is 15.9 Å². The molecule has 0 spiro atoms. The first kappa shape index (κ1) is 12.0. The summed E-state index contributed by atoms with van der Waals surface area (Å²) in [6.07, 6.45) is 0. The summed E-state index contributed by atoms with van der Waals surface area (Å²) in [7, 11) is -4.47. The van der Waals surface area contributed by atoms with E-state index in [2.05, 4.69) is 26.1 Å². The molecule has 7 nitrogen and oxygen atoms in total. The minimum atomic E-state index is -4.47. The maximum Gasteiger partial charge on any atom is 0.332 e. The Morgan fingerprint density at radius 3 is 2.29 bits per heavy atom. The lowest BCUT2D eigenvalue weighted by molar-refractivity contribution is 0.470. The Morgan fingerprint density at radius 1 is 1.24 bits per heavy atom. The molecule has 0 fully saturated rings. The van der Waals surface area contributed by atoms with E-state index in [1.165, 1.54) is 0 Å². The highest BCUT2D eigenvalue weighted by Crippen LogP contribution is 2.20. The number of nitrogens with zero attached hydrogens (tertiary/aromatic N) is 3. The maximum absolute atomic E-state index is 10.9. The molecule has 0 unspecified atom stereocenters. The fourth-order valence-corrected chi connectivity index (χ4v) is 1.99. The fraction of sp³-hybridized carbons (Fsp3) is 0. The predicted octanol–water partition coefficient (Wildman–Crippen LogP) is 0.668. The monoisotopic (exact) mass is 318 g/mol. The van der Waals surface area contributed by atoms with Crippen LogP contribution < -0.4 is 5.84 Å². The molecule has 0 aliphatic rings. The largest absolute Gasteiger partial charge is 0.335 e. The van der Waals surface area contributed by atoms with Crippen LogP contribution in [-0.4, -0.2) is 27.8 Å². The molecule has 0 radical (unpaired) electrons. The molecule has 2 rings (SSSR count). The van der Waals surface area contributed by atoms with Crippen LogP contribution in [0.25, 0.3) is 11.4 Å². The van der Waals surface area contributed by atoms with Crippen molar-refractivity contribution in [3.8, 4) is 11.4 Å². The van der Waals surface area contributed by atoms with Gasteiger partial charge in [-0.15, -0.1) is 10.2 Å². The highest BCUT2D eigenvalue weighted by atomic mass is 79.9. The van der Waals surface area contributed by atoms with Gasteiger partial charge in [0.1, 0.15) is 0 Å². The minimum Gasteiger partial charge on any atom is -0.335 e. The molecule has 0 aliphatic heterocycles. The lowest BCUT2D eigenvalue weighted by atomic mass is 10.2. The summed E-state index contributed by atoms with van der Waals surface area (Å²) < 4.78 is 32.2. The summed E-state index contributed by atoms with van der Waals surface area (Å²) in [6.45, 7) is 0. The second-order valence-electron chi connectivity index (χ2n) is 3.16. The number of nitrogens with two attached hydrogens (primary N) is 1. The minimum absolute atomic E-state index is 0.144. The van der Waals surface area contributed by atoms with Gasteiger partial charge < -0.3 is 5.84 Å². The van der Waals surface area contributed by atoms with Crippen LogP contribution in [0.4, 0.5) is 0 Å². The standard InChI is InChI=1S/C8H7BrN4O3S/c9-6-3-1-5(2-4-6)7-11-12-8(13(7)10)17(14,15)16/h1-4H,10H2,(H,14,15,16). The van der Waals surface area contributed by atoms with Gasteiger partial charge in [-0.05, 0) is 12.1 Å². The number of hydrogen-bond acceptors (Lipinski definition) is 5. The average molecular weight is 319 g/mol. The third-order valence-electron chi connectivity index (χ3n) is 2.00. The summed E-state index contributed by atoms with van der Waals surface area (Å²) in [5.41, 5.74) is 0.582. The highest BCUT2D eigenvalue weighted by Gasteiger charge is 2.21. The fourth-order valence-electron chi connectivity index (χ4n) is 1.25. The molecule has 9 heteroatoms. The Bertz CT molecular complexity index is 650. The van der Waals surface area contributed by atoms with Crippen molar-refractivity contribution in [2.75, 3.05) is 5.84 Å². The molecule has 90 valence electrons. The molecular weight excluding hydrogens is 312 g/mol. The SMILES string of the molecule is Nn1c(-c2ccc(Br)cc2)nnc1S(=O)(=O)O. The zero-order chi connectivity index (χ0) is 12.6. The van der Waals surface area contributed by atoms with E-state index >= 15 is 0 Å². The molecule has 0 saturated heterocycles. The molecule has 17 heavy (non-hydrogen) atoms. The van der Waals surface area contributed by atoms with E-state index in [1.54, 1.807) is 24.3 Å². The number of aromatic nitrogens is 3. The lowest BCUT2D eigenvalue weighted by Crippen LogP contribution is -2.17. The zero-order valence-electron chi connectivity index (χ0n) is 8.28. The quantitative estimate of drug-likeness (QED) is 0.621. The Labute approximate surface area is 105 Å². The first-order valence-corrected chi connectivity index (χ1v) is 6.57. The summed E-state index contributed by atoms with van der Waals surface area (Å²) in [6, 6.07) is 6.87. The van der Waals surface area contributed by atoms with Crippen molar-refractivity contribution in [2.45, 2.75) is 5.16 Å². The van der Waals surface area contributed by atoms with Gasteiger partial charge >= 0.3 is 10.1 Å². The Hall–Kier alpha value is -1.45. The smallest absolute Gasteiger partial charge is 0.332 e. The van der Waals surface area contributed by atoms with Gasteiger partial charge in [-0.2, -0.15) is 8.42 Å². The first-order valence-electron chi connectivity index (χ1n) is 4.33. The third-order valence-corrected chi connectivity index (χ3v) is 3.27. The summed E-state index contributed by atoms with van der Waals surface area (Å²) in [4.78, 5) is 0. The van der Waals surface area contributed by atoms with Gasteiger partial charge in [-0.3, -0.25) is 4.55 Å². The van der Waals surface area contributed by atoms with Crippen molar-refractivity contribution in [2.24, 2.45) is 0 Å². The van der Waals surface area contributed by atoms with Gasteiger partial charge in [0.2, 0.25) is 0 Å². The molecule has 0 aliphatic carbocycles. The topological polar surface area (TPSA) is 111 Å². The van der Waals surface area contributed by atoms with Crippen LogP contribution in [0.2, 0.25) is 0 Å². The number of halogens is 1. The molecule has 0 amide bonds. The molecule has 1 aromatic carbocycles. The van der Waals surface area contributed by atoms with Crippen molar-refractivity contribution in [1.29, 1.82) is 0 Å². The number of nitrogen functional groups attached to an aromatic ring is 1. The zero-order valence-corrected chi connectivity index (χ0v) is 10.7. The molecular formula is C8H7BrN4O3S. The third kappa shape index (κ3) is 2.30. The van der Waals surface area contributed by atoms with E-state index in [4.69, 9.17) is 10.4 Å². The van der Waals surface area contributed by atoms with Gasteiger partial charge in [-0.1, -0.05) is 28.1 Å². The van der Waals surface area contributed by atoms with Crippen LogP contribution in [0.15, 0.2) is 33.9 Å². The van der Waals surface area contributed by atoms with E-state index in [0.717, 1.165) is 9.15 Å². The molecule has 2 aromatic rings. The van der Waals surface area contributed by atoms with Gasteiger partial charge in [0, 0.05) is 10.0 Å². The lowest BCUT2D eigenvalue weighted by Gasteiger charge is -2.01. The van der Waals surface area contributed by atoms with Crippen molar-refractivity contribution in [3.63, 3.8) is 0 Å². The van der Waals surface area contributed by atoms with Crippen LogP contribution in [0.5, 0.6) is 0 Å². The van der Waals surface area contributed by atoms with Gasteiger partial charge in [0.15, 0.2) is 5.82 Å². The van der Waals surface area contributed by atoms with E-state index in [-0.39, 0.29) is 5.82 Å². The average Bonchev–Trinajstić information content (AvgIpc) is 2.61. The first-order chi connectivity index (χ1) is 7.89. The predicted molar refractivity (Wildman–Crippen MR) is 63.1 cm³/mol. The van der Waals surface area contributed by atoms with Crippen LogP contribution in [0.1, 0.15) is 0 Å². The van der Waals surface area contributed by atoms with Gasteiger partial charge in [-0.25, -0.2) is 4.68 Å². The van der Waals surface area contributed by atoms with Gasteiger partial charge in [0.25, 0.3) is 5.16 Å². The molecule has 0 saturated carbocycles. The number of benzene rings is 1. The Balaban J connectivity index is 2.55. The summed E-state index contributed by atoms with van der Waals surface area (Å²) >= 11 is 3.26. The van der Waals surface area contributed by atoms with Crippen molar-refractivity contribution >= 4 is 26.0 Å². The van der Waals surface area contributed by atoms with Crippen molar-refractivity contribution in [3.05, 3.63) is 28.7 Å². The summed E-state index contributed by atoms with van der Waals surface area (Å²) in [5.74, 6) is 5.64. The van der Waals surface area contributed by atoms with Crippen LogP contribution in [0, 0.1) is 0 Å². The Morgan fingerprint density at radius 2 is 1.82 bits per heavy atom. The maximum atomic E-state index is 10.9. The van der Waals surface area contributed by atoms with Crippen LogP contribution in [0.3, 0.4) is 0 Å². The number of hydrogen-bond donors (Lipinski definition) is 2. The second-order valence-corrected chi connectivity index (χ2v) is 5.39.